The number of piperidine rings is 1. The zero-order valence-electron chi connectivity index (χ0n) is 9.61. The van der Waals surface area contributed by atoms with Gasteiger partial charge in [0.25, 0.3) is 0 Å². The molecule has 2 unspecified atom stereocenters. The molecular formula is C12H22N2O. The maximum atomic E-state index is 5.38. The van der Waals surface area contributed by atoms with Crippen molar-refractivity contribution < 1.29 is 4.74 Å². The Morgan fingerprint density at radius 2 is 2.13 bits per heavy atom. The van der Waals surface area contributed by atoms with E-state index >= 15 is 0 Å². The van der Waals surface area contributed by atoms with Crippen LogP contribution in [0.25, 0.3) is 0 Å². The first-order valence-electron chi connectivity index (χ1n) is 6.37. The molecule has 0 aromatic heterocycles. The molecule has 3 rings (SSSR count). The summed E-state index contributed by atoms with van der Waals surface area (Å²) in [4.78, 5) is 2.77. The summed E-state index contributed by atoms with van der Waals surface area (Å²) in [6.07, 6.45) is 5.91. The van der Waals surface area contributed by atoms with Crippen LogP contribution in [0.3, 0.4) is 0 Å². The van der Waals surface area contributed by atoms with Crippen molar-refractivity contribution >= 4 is 0 Å². The Morgan fingerprint density at radius 1 is 1.27 bits per heavy atom. The molecule has 15 heavy (non-hydrogen) atoms. The summed E-state index contributed by atoms with van der Waals surface area (Å²) in [6, 6.07) is 1.66. The van der Waals surface area contributed by atoms with E-state index in [0.29, 0.717) is 6.10 Å². The molecule has 86 valence electrons. The smallest absolute Gasteiger partial charge is 0.0601 e. The quantitative estimate of drug-likeness (QED) is 0.731. The van der Waals surface area contributed by atoms with Gasteiger partial charge < -0.3 is 10.1 Å². The van der Waals surface area contributed by atoms with E-state index in [1.165, 1.54) is 45.3 Å². The van der Waals surface area contributed by atoms with E-state index in [-0.39, 0.29) is 0 Å². The van der Waals surface area contributed by atoms with Crippen molar-refractivity contribution in [3.63, 3.8) is 0 Å². The minimum atomic E-state index is 0.546. The fourth-order valence-electron chi connectivity index (χ4n) is 3.56. The van der Waals surface area contributed by atoms with Crippen LogP contribution in [0.5, 0.6) is 0 Å². The first-order chi connectivity index (χ1) is 7.38. The van der Waals surface area contributed by atoms with Gasteiger partial charge in [-0.25, -0.2) is 0 Å². The molecule has 3 nitrogen and oxygen atoms in total. The zero-order chi connectivity index (χ0) is 10.3. The zero-order valence-corrected chi connectivity index (χ0v) is 9.61. The molecule has 3 aliphatic rings. The SMILES string of the molecule is COC1CC(N2CCCC3CNCC32)C1. The predicted octanol–water partition coefficient (Wildman–Crippen LogP) is 0.848. The Balaban J connectivity index is 1.61. The van der Waals surface area contributed by atoms with Gasteiger partial charge in [-0.3, -0.25) is 4.90 Å². The molecule has 2 atom stereocenters. The van der Waals surface area contributed by atoms with Crippen LogP contribution in [0.4, 0.5) is 0 Å². The standard InChI is InChI=1S/C12H22N2O/c1-15-11-5-10(6-11)14-4-2-3-9-7-13-8-12(9)14/h9-13H,2-8H2,1H3. The molecule has 1 saturated carbocycles. The summed E-state index contributed by atoms with van der Waals surface area (Å²) in [6.45, 7) is 3.80. The van der Waals surface area contributed by atoms with Crippen LogP contribution in [0.2, 0.25) is 0 Å². The molecule has 3 fully saturated rings. The highest BCUT2D eigenvalue weighted by Gasteiger charge is 2.42. The number of nitrogens with zero attached hydrogens (tertiary/aromatic N) is 1. The fourth-order valence-corrected chi connectivity index (χ4v) is 3.56. The maximum absolute atomic E-state index is 5.38. The average molecular weight is 210 g/mol. The summed E-state index contributed by atoms with van der Waals surface area (Å²) in [7, 11) is 1.84. The second kappa shape index (κ2) is 4.04. The first-order valence-corrected chi connectivity index (χ1v) is 6.37. The van der Waals surface area contributed by atoms with Crippen molar-refractivity contribution in [2.24, 2.45) is 5.92 Å². The number of nitrogens with one attached hydrogen (secondary N) is 1. The van der Waals surface area contributed by atoms with E-state index in [2.05, 4.69) is 10.2 Å². The normalized spacial score (nSPS) is 46.2. The van der Waals surface area contributed by atoms with E-state index in [0.717, 1.165) is 18.0 Å². The lowest BCUT2D eigenvalue weighted by atomic mass is 9.82. The Bertz CT molecular complexity index is 228. The van der Waals surface area contributed by atoms with Crippen LogP contribution < -0.4 is 5.32 Å². The number of methoxy groups -OCH3 is 1. The molecule has 0 bridgehead atoms. The largest absolute Gasteiger partial charge is 0.381 e. The van der Waals surface area contributed by atoms with E-state index in [1.807, 2.05) is 7.11 Å². The second-order valence-corrected chi connectivity index (χ2v) is 5.35. The number of fused-ring (bicyclic) bond motifs is 1. The summed E-state index contributed by atoms with van der Waals surface area (Å²) in [5.41, 5.74) is 0. The van der Waals surface area contributed by atoms with Crippen molar-refractivity contribution in [3.05, 3.63) is 0 Å². The van der Waals surface area contributed by atoms with Crippen molar-refractivity contribution in [2.45, 2.75) is 43.9 Å². The first kappa shape index (κ1) is 10.1. The van der Waals surface area contributed by atoms with Gasteiger partial charge in [0.15, 0.2) is 0 Å². The molecule has 0 spiro atoms. The van der Waals surface area contributed by atoms with Gasteiger partial charge in [0.2, 0.25) is 0 Å². The Morgan fingerprint density at radius 3 is 2.93 bits per heavy atom. The van der Waals surface area contributed by atoms with Gasteiger partial charge in [-0.05, 0) is 44.7 Å². The van der Waals surface area contributed by atoms with Crippen molar-refractivity contribution in [3.8, 4) is 0 Å². The summed E-state index contributed by atoms with van der Waals surface area (Å²) >= 11 is 0. The van der Waals surface area contributed by atoms with Crippen LogP contribution >= 0.6 is 0 Å². The highest BCUT2D eigenvalue weighted by atomic mass is 16.5. The lowest BCUT2D eigenvalue weighted by molar-refractivity contribution is -0.0531. The molecule has 1 aliphatic carbocycles. The Kier molecular flexibility index (Phi) is 2.71. The fraction of sp³-hybridized carbons (Fsp3) is 1.00. The van der Waals surface area contributed by atoms with Gasteiger partial charge in [0.05, 0.1) is 6.10 Å². The molecule has 1 N–H and O–H groups in total. The second-order valence-electron chi connectivity index (χ2n) is 5.35. The number of likely N-dealkylation sites (tertiary alicyclic amines) is 1. The number of hydrogen-bond donors (Lipinski definition) is 1. The number of rotatable bonds is 2. The average Bonchev–Trinajstić information content (AvgIpc) is 2.64. The van der Waals surface area contributed by atoms with Crippen molar-refractivity contribution in [2.75, 3.05) is 26.7 Å². The Hall–Kier alpha value is -0.120. The van der Waals surface area contributed by atoms with E-state index < -0.39 is 0 Å². The van der Waals surface area contributed by atoms with E-state index in [1.54, 1.807) is 0 Å². The van der Waals surface area contributed by atoms with Gasteiger partial charge >= 0.3 is 0 Å². The summed E-state index contributed by atoms with van der Waals surface area (Å²) in [5.74, 6) is 0.931. The molecule has 0 radical (unpaired) electrons. The number of ether oxygens (including phenoxy) is 1. The minimum Gasteiger partial charge on any atom is -0.381 e. The molecule has 3 heteroatoms. The molecule has 2 aliphatic heterocycles. The molecule has 2 saturated heterocycles. The molecule has 0 aromatic rings. The van der Waals surface area contributed by atoms with Crippen molar-refractivity contribution in [1.29, 1.82) is 0 Å². The van der Waals surface area contributed by atoms with E-state index in [9.17, 15) is 0 Å². The van der Waals surface area contributed by atoms with Gasteiger partial charge in [-0.1, -0.05) is 0 Å². The van der Waals surface area contributed by atoms with Gasteiger partial charge in [0, 0.05) is 25.7 Å². The molecule has 0 amide bonds. The maximum Gasteiger partial charge on any atom is 0.0601 e. The topological polar surface area (TPSA) is 24.5 Å². The van der Waals surface area contributed by atoms with Crippen LogP contribution in [-0.2, 0) is 4.74 Å². The highest BCUT2D eigenvalue weighted by molar-refractivity contribution is 4.98. The Labute approximate surface area is 92.2 Å². The highest BCUT2D eigenvalue weighted by Crippen LogP contribution is 2.35. The lowest BCUT2D eigenvalue weighted by Crippen LogP contribution is -2.56. The summed E-state index contributed by atoms with van der Waals surface area (Å²) < 4.78 is 5.38. The minimum absolute atomic E-state index is 0.546. The van der Waals surface area contributed by atoms with Crippen LogP contribution in [-0.4, -0.2) is 49.8 Å². The predicted molar refractivity (Wildman–Crippen MR) is 59.9 cm³/mol. The van der Waals surface area contributed by atoms with Gasteiger partial charge in [-0.2, -0.15) is 0 Å². The van der Waals surface area contributed by atoms with Crippen LogP contribution in [0, 0.1) is 5.92 Å². The number of hydrogen-bond acceptors (Lipinski definition) is 3. The van der Waals surface area contributed by atoms with Gasteiger partial charge in [0.1, 0.15) is 0 Å². The summed E-state index contributed by atoms with van der Waals surface area (Å²) in [5, 5.41) is 3.55. The molecule has 2 heterocycles. The monoisotopic (exact) mass is 210 g/mol. The lowest BCUT2D eigenvalue weighted by Gasteiger charge is -2.48. The van der Waals surface area contributed by atoms with Crippen LogP contribution in [0.1, 0.15) is 25.7 Å². The van der Waals surface area contributed by atoms with E-state index in [4.69, 9.17) is 4.74 Å². The molecular weight excluding hydrogens is 188 g/mol. The third-order valence-corrected chi connectivity index (χ3v) is 4.59. The van der Waals surface area contributed by atoms with Crippen molar-refractivity contribution in [1.82, 2.24) is 10.2 Å². The van der Waals surface area contributed by atoms with Crippen LogP contribution in [0.15, 0.2) is 0 Å². The van der Waals surface area contributed by atoms with Gasteiger partial charge in [-0.15, -0.1) is 0 Å². The third kappa shape index (κ3) is 1.71. The molecule has 0 aromatic carbocycles. The third-order valence-electron chi connectivity index (χ3n) is 4.59.